The molecular weight excluding hydrogens is 284 g/mol. The van der Waals surface area contributed by atoms with Gasteiger partial charge in [-0.25, -0.2) is 26.0 Å². The molecule has 0 aliphatic heterocycles. The number of hydrogen-bond donors (Lipinski definition) is 0. The van der Waals surface area contributed by atoms with Crippen molar-refractivity contribution in [3.8, 4) is 0 Å². The van der Waals surface area contributed by atoms with Gasteiger partial charge in [-0.1, -0.05) is 0 Å². The highest BCUT2D eigenvalue weighted by Gasteiger charge is 2.24. The van der Waals surface area contributed by atoms with Crippen LogP contribution in [0.2, 0.25) is 0 Å². The summed E-state index contributed by atoms with van der Waals surface area (Å²) >= 11 is 0. The summed E-state index contributed by atoms with van der Waals surface area (Å²) in [6, 6.07) is 3.95. The first-order chi connectivity index (χ1) is 8.82. The van der Waals surface area contributed by atoms with Gasteiger partial charge in [-0.05, 0) is 30.3 Å². The molecule has 0 aromatic heterocycles. The summed E-state index contributed by atoms with van der Waals surface area (Å²) < 4.78 is 75.8. The van der Waals surface area contributed by atoms with Crippen LogP contribution in [0.3, 0.4) is 0 Å². The summed E-state index contributed by atoms with van der Waals surface area (Å²) in [5.41, 5.74) is 0. The van der Waals surface area contributed by atoms with E-state index >= 15 is 0 Å². The van der Waals surface area contributed by atoms with Gasteiger partial charge in [0.15, 0.2) is 11.6 Å². The minimum Gasteiger partial charge on any atom is -0.218 e. The molecule has 2 rings (SSSR count). The molecule has 0 spiro atoms. The third-order valence-electron chi connectivity index (χ3n) is 2.39. The smallest absolute Gasteiger partial charge is 0.209 e. The Bertz CT molecular complexity index is 724. The first kappa shape index (κ1) is 13.5. The second-order valence-electron chi connectivity index (χ2n) is 3.65. The van der Waals surface area contributed by atoms with E-state index in [1.807, 2.05) is 0 Å². The monoisotopic (exact) mass is 290 g/mol. The van der Waals surface area contributed by atoms with E-state index in [9.17, 15) is 26.0 Å². The van der Waals surface area contributed by atoms with Gasteiger partial charge < -0.3 is 0 Å². The molecule has 0 saturated carbocycles. The highest BCUT2D eigenvalue weighted by Crippen LogP contribution is 2.25. The third kappa shape index (κ3) is 2.46. The fraction of sp³-hybridized carbons (Fsp3) is 0. The van der Waals surface area contributed by atoms with E-state index in [0.29, 0.717) is 0 Å². The summed E-state index contributed by atoms with van der Waals surface area (Å²) in [5, 5.41) is 0. The summed E-state index contributed by atoms with van der Waals surface area (Å²) in [4.78, 5) is -1.42. The molecular formula is C12H6F4O2S. The molecule has 0 unspecified atom stereocenters. The molecule has 100 valence electrons. The lowest BCUT2D eigenvalue weighted by atomic mass is 10.3. The minimum absolute atomic E-state index is 0.145. The average Bonchev–Trinajstić information content (AvgIpc) is 2.34. The molecule has 0 heterocycles. The van der Waals surface area contributed by atoms with E-state index in [2.05, 4.69) is 0 Å². The number of hydrogen-bond acceptors (Lipinski definition) is 2. The van der Waals surface area contributed by atoms with E-state index in [1.165, 1.54) is 0 Å². The standard InChI is InChI=1S/C12H6F4O2S/c13-7-1-3-8(4-2-7)19(17,18)12-6-10(15)9(14)5-11(12)16/h1-6H. The number of benzene rings is 2. The van der Waals surface area contributed by atoms with Crippen LogP contribution >= 0.6 is 0 Å². The first-order valence-electron chi connectivity index (χ1n) is 4.97. The van der Waals surface area contributed by atoms with Crippen LogP contribution in [0.5, 0.6) is 0 Å². The Labute approximate surface area is 106 Å². The van der Waals surface area contributed by atoms with Crippen molar-refractivity contribution in [2.75, 3.05) is 0 Å². The minimum atomic E-state index is -4.37. The van der Waals surface area contributed by atoms with Crippen LogP contribution < -0.4 is 0 Å². The van der Waals surface area contributed by atoms with Crippen LogP contribution in [0.15, 0.2) is 46.2 Å². The van der Waals surface area contributed by atoms with Gasteiger partial charge >= 0.3 is 0 Å². The lowest BCUT2D eigenvalue weighted by Crippen LogP contribution is -2.06. The Morgan fingerprint density at radius 3 is 1.84 bits per heavy atom. The molecule has 0 amide bonds. The summed E-state index contributed by atoms with van der Waals surface area (Å²) in [7, 11) is -4.37. The van der Waals surface area contributed by atoms with Gasteiger partial charge in [0.1, 0.15) is 16.5 Å². The molecule has 2 aromatic carbocycles. The van der Waals surface area contributed by atoms with E-state index in [1.54, 1.807) is 0 Å². The van der Waals surface area contributed by atoms with Crippen LogP contribution in [0, 0.1) is 23.3 Å². The molecule has 7 heteroatoms. The van der Waals surface area contributed by atoms with Crippen LogP contribution in [0.4, 0.5) is 17.6 Å². The molecule has 0 bridgehead atoms. The van der Waals surface area contributed by atoms with E-state index in [-0.39, 0.29) is 12.1 Å². The topological polar surface area (TPSA) is 34.1 Å². The van der Waals surface area contributed by atoms with Crippen molar-refractivity contribution in [2.24, 2.45) is 0 Å². The summed E-state index contributed by atoms with van der Waals surface area (Å²) in [6.07, 6.45) is 0. The maximum atomic E-state index is 13.4. The molecule has 0 atom stereocenters. The van der Waals surface area contributed by atoms with Crippen LogP contribution in [-0.4, -0.2) is 8.42 Å². The zero-order valence-corrected chi connectivity index (χ0v) is 10.0. The maximum absolute atomic E-state index is 13.4. The highest BCUT2D eigenvalue weighted by atomic mass is 32.2. The summed E-state index contributed by atoms with van der Waals surface area (Å²) in [5.74, 6) is -5.06. The molecule has 2 nitrogen and oxygen atoms in total. The molecule has 0 aliphatic rings. The largest absolute Gasteiger partial charge is 0.218 e. The van der Waals surface area contributed by atoms with Crippen molar-refractivity contribution in [1.82, 2.24) is 0 Å². The van der Waals surface area contributed by atoms with Gasteiger partial charge in [-0.2, -0.15) is 0 Å². The lowest BCUT2D eigenvalue weighted by molar-refractivity contribution is 0.482. The first-order valence-corrected chi connectivity index (χ1v) is 6.46. The Kier molecular flexibility index (Phi) is 3.32. The molecule has 0 fully saturated rings. The van der Waals surface area contributed by atoms with E-state index in [0.717, 1.165) is 24.3 Å². The predicted molar refractivity (Wildman–Crippen MR) is 58.2 cm³/mol. The highest BCUT2D eigenvalue weighted by molar-refractivity contribution is 7.91. The lowest BCUT2D eigenvalue weighted by Gasteiger charge is -2.06. The summed E-state index contributed by atoms with van der Waals surface area (Å²) in [6.45, 7) is 0. The molecule has 2 aromatic rings. The van der Waals surface area contributed by atoms with Crippen molar-refractivity contribution in [1.29, 1.82) is 0 Å². The van der Waals surface area contributed by atoms with Crippen LogP contribution in [-0.2, 0) is 9.84 Å². The van der Waals surface area contributed by atoms with Gasteiger partial charge in [-0.3, -0.25) is 0 Å². The van der Waals surface area contributed by atoms with Gasteiger partial charge in [0, 0.05) is 6.07 Å². The number of rotatable bonds is 2. The van der Waals surface area contributed by atoms with Crippen molar-refractivity contribution in [3.63, 3.8) is 0 Å². The van der Waals surface area contributed by atoms with Crippen molar-refractivity contribution < 1.29 is 26.0 Å². The quantitative estimate of drug-likeness (QED) is 0.484. The zero-order chi connectivity index (χ0) is 14.2. The second kappa shape index (κ2) is 4.65. The Hall–Kier alpha value is -1.89. The second-order valence-corrected chi connectivity index (χ2v) is 5.57. The van der Waals surface area contributed by atoms with Crippen molar-refractivity contribution >= 4 is 9.84 Å². The number of halogens is 4. The predicted octanol–water partition coefficient (Wildman–Crippen LogP) is 3.08. The van der Waals surface area contributed by atoms with Gasteiger partial charge in [0.05, 0.1) is 4.90 Å². The Balaban J connectivity index is 2.63. The van der Waals surface area contributed by atoms with Crippen molar-refractivity contribution in [2.45, 2.75) is 9.79 Å². The van der Waals surface area contributed by atoms with Gasteiger partial charge in [0.2, 0.25) is 9.84 Å². The molecule has 0 radical (unpaired) electrons. The zero-order valence-electron chi connectivity index (χ0n) is 9.20. The average molecular weight is 290 g/mol. The normalized spacial score (nSPS) is 11.6. The number of sulfone groups is 1. The maximum Gasteiger partial charge on any atom is 0.209 e. The Morgan fingerprint density at radius 1 is 0.737 bits per heavy atom. The van der Waals surface area contributed by atoms with Crippen LogP contribution in [0.25, 0.3) is 0 Å². The molecule has 0 N–H and O–H groups in total. The van der Waals surface area contributed by atoms with E-state index < -0.39 is 42.9 Å². The van der Waals surface area contributed by atoms with Gasteiger partial charge in [-0.15, -0.1) is 0 Å². The van der Waals surface area contributed by atoms with E-state index in [4.69, 9.17) is 0 Å². The van der Waals surface area contributed by atoms with Gasteiger partial charge in [0.25, 0.3) is 0 Å². The SMILES string of the molecule is O=S(=O)(c1ccc(F)cc1)c1cc(F)c(F)cc1F. The fourth-order valence-corrected chi connectivity index (χ4v) is 2.77. The molecule has 0 aliphatic carbocycles. The fourth-order valence-electron chi connectivity index (χ4n) is 1.45. The third-order valence-corrected chi connectivity index (χ3v) is 4.17. The Morgan fingerprint density at radius 2 is 1.26 bits per heavy atom. The van der Waals surface area contributed by atoms with Crippen molar-refractivity contribution in [3.05, 3.63) is 59.7 Å². The molecule has 0 saturated heterocycles. The van der Waals surface area contributed by atoms with Crippen LogP contribution in [0.1, 0.15) is 0 Å². The molecule has 19 heavy (non-hydrogen) atoms.